The van der Waals surface area contributed by atoms with E-state index < -0.39 is 0 Å². The van der Waals surface area contributed by atoms with E-state index in [0.29, 0.717) is 0 Å². The summed E-state index contributed by atoms with van der Waals surface area (Å²) in [7, 11) is 0. The lowest BCUT2D eigenvalue weighted by atomic mass is 10.0. The Hall–Kier alpha value is -1.04. The van der Waals surface area contributed by atoms with E-state index in [-0.39, 0.29) is 0 Å². The summed E-state index contributed by atoms with van der Waals surface area (Å²) in [6, 6.07) is 0. The maximum atomic E-state index is 5.25. The zero-order valence-electron chi connectivity index (χ0n) is 16.2. The highest BCUT2D eigenvalue weighted by Gasteiger charge is 1.93. The Bertz CT molecular complexity index is 319. The lowest BCUT2D eigenvalue weighted by Crippen LogP contribution is -1.83. The Kier molecular flexibility index (Phi) is 21.0. The van der Waals surface area contributed by atoms with E-state index >= 15 is 0 Å². The fraction of sp³-hybridized carbons (Fsp3) is 0.667. The highest BCUT2D eigenvalue weighted by molar-refractivity contribution is 5.13. The minimum absolute atomic E-state index is 1.20. The third kappa shape index (κ3) is 21.0. The molecule has 24 heavy (non-hydrogen) atoms. The van der Waals surface area contributed by atoms with E-state index in [0.717, 1.165) is 0 Å². The molecule has 0 unspecified atom stereocenters. The van der Waals surface area contributed by atoms with Crippen LogP contribution in [0.1, 0.15) is 103 Å². The van der Waals surface area contributed by atoms with Gasteiger partial charge in [0.2, 0.25) is 0 Å². The van der Waals surface area contributed by atoms with Gasteiger partial charge in [-0.2, -0.15) is 0 Å². The third-order valence-corrected chi connectivity index (χ3v) is 4.42. The van der Waals surface area contributed by atoms with Crippen LogP contribution in [0.2, 0.25) is 0 Å². The van der Waals surface area contributed by atoms with Crippen molar-refractivity contribution in [3.63, 3.8) is 0 Å². The molecule has 0 aromatic carbocycles. The van der Waals surface area contributed by atoms with Crippen molar-refractivity contribution in [2.75, 3.05) is 0 Å². The van der Waals surface area contributed by atoms with Crippen molar-refractivity contribution < 1.29 is 0 Å². The zero-order valence-corrected chi connectivity index (χ0v) is 16.2. The minimum Gasteiger partial charge on any atom is -0.0845 e. The van der Waals surface area contributed by atoms with Crippen LogP contribution in [0.3, 0.4) is 0 Å². The molecule has 0 heterocycles. The summed E-state index contributed by atoms with van der Waals surface area (Å²) in [5.74, 6) is 0. The summed E-state index contributed by atoms with van der Waals surface area (Å²) in [5.41, 5.74) is 0. The largest absolute Gasteiger partial charge is 0.0845 e. The van der Waals surface area contributed by atoms with Gasteiger partial charge in [-0.1, -0.05) is 140 Å². The van der Waals surface area contributed by atoms with Gasteiger partial charge in [-0.15, -0.1) is 0 Å². The Balaban J connectivity index is 3.12. The molecule has 0 atom stereocenters. The van der Waals surface area contributed by atoms with Crippen LogP contribution >= 0.6 is 0 Å². The molecule has 0 bridgehead atoms. The van der Waals surface area contributed by atoms with Gasteiger partial charge in [-0.3, -0.25) is 0 Å². The van der Waals surface area contributed by atoms with E-state index in [4.69, 9.17) is 6.58 Å². The summed E-state index contributed by atoms with van der Waals surface area (Å²) >= 11 is 0. The van der Waals surface area contributed by atoms with Crippen LogP contribution in [0.4, 0.5) is 0 Å². The van der Waals surface area contributed by atoms with Crippen LogP contribution in [0.5, 0.6) is 0 Å². The van der Waals surface area contributed by atoms with Gasteiger partial charge in [0.15, 0.2) is 0 Å². The second-order valence-corrected chi connectivity index (χ2v) is 6.78. The molecular formula is C24H41. The monoisotopic (exact) mass is 329 g/mol. The second kappa shape index (κ2) is 22.0. The molecule has 0 spiro atoms. The van der Waals surface area contributed by atoms with Crippen molar-refractivity contribution >= 4 is 0 Å². The summed E-state index contributed by atoms with van der Waals surface area (Å²) in [5, 5.41) is 0. The molecule has 0 aliphatic carbocycles. The van der Waals surface area contributed by atoms with Crippen molar-refractivity contribution in [3.05, 3.63) is 49.1 Å². The van der Waals surface area contributed by atoms with Crippen LogP contribution in [0.25, 0.3) is 0 Å². The molecule has 0 aromatic heterocycles. The molecule has 0 aromatic rings. The summed E-state index contributed by atoms with van der Waals surface area (Å²) in [6.45, 7) is 7.53. The Morgan fingerprint density at radius 3 is 1.42 bits per heavy atom. The van der Waals surface area contributed by atoms with Crippen LogP contribution < -0.4 is 0 Å². The van der Waals surface area contributed by atoms with Crippen molar-refractivity contribution in [2.45, 2.75) is 103 Å². The Morgan fingerprint density at radius 2 is 0.917 bits per heavy atom. The Morgan fingerprint density at radius 1 is 0.500 bits per heavy atom. The smallest absolute Gasteiger partial charge is 0.0348 e. The lowest BCUT2D eigenvalue weighted by Gasteiger charge is -2.02. The van der Waals surface area contributed by atoms with Crippen molar-refractivity contribution in [2.24, 2.45) is 0 Å². The minimum atomic E-state index is 1.20. The standard InChI is InChI=1S/C24H41/c1-3-5-7-9-11-13-15-17-19-21-23-24-22-20-18-16-14-12-10-8-6-4-2/h1,3,5,7,9,11,13,15H,4,6,8,10,12,14,16-24H2,2H3. The van der Waals surface area contributed by atoms with Crippen LogP contribution in [0, 0.1) is 6.58 Å². The predicted molar refractivity (Wildman–Crippen MR) is 111 cm³/mol. The first-order chi connectivity index (χ1) is 11.9. The molecule has 0 N–H and O–H groups in total. The molecule has 0 amide bonds. The molecule has 0 saturated carbocycles. The Labute approximate surface area is 152 Å². The zero-order chi connectivity index (χ0) is 17.6. The molecular weight excluding hydrogens is 288 g/mol. The van der Waals surface area contributed by atoms with E-state index in [1.165, 1.54) is 96.3 Å². The van der Waals surface area contributed by atoms with E-state index in [9.17, 15) is 0 Å². The maximum Gasteiger partial charge on any atom is -0.0348 e. The molecule has 137 valence electrons. The second-order valence-electron chi connectivity index (χ2n) is 6.78. The molecule has 0 rings (SSSR count). The van der Waals surface area contributed by atoms with Gasteiger partial charge in [0, 0.05) is 0 Å². The fourth-order valence-electron chi connectivity index (χ4n) is 2.89. The summed E-state index contributed by atoms with van der Waals surface area (Å²) in [6.07, 6.45) is 35.0. The summed E-state index contributed by atoms with van der Waals surface area (Å²) in [4.78, 5) is 0. The van der Waals surface area contributed by atoms with Gasteiger partial charge in [-0.25, -0.2) is 0 Å². The third-order valence-electron chi connectivity index (χ3n) is 4.42. The fourth-order valence-corrected chi connectivity index (χ4v) is 2.89. The number of hydrogen-bond donors (Lipinski definition) is 0. The number of unbranched alkanes of at least 4 members (excludes halogenated alkanes) is 14. The first kappa shape index (κ1) is 23.0. The van der Waals surface area contributed by atoms with Crippen molar-refractivity contribution in [1.82, 2.24) is 0 Å². The molecule has 1 radical (unpaired) electrons. The van der Waals surface area contributed by atoms with Crippen LogP contribution in [0.15, 0.2) is 42.5 Å². The number of hydrogen-bond acceptors (Lipinski definition) is 0. The van der Waals surface area contributed by atoms with Crippen LogP contribution in [-0.4, -0.2) is 0 Å². The maximum absolute atomic E-state index is 5.25. The molecule has 0 aliphatic heterocycles. The van der Waals surface area contributed by atoms with Gasteiger partial charge in [0.05, 0.1) is 0 Å². The average Bonchev–Trinajstić information content (AvgIpc) is 2.60. The normalized spacial score (nSPS) is 12.0. The molecule has 0 saturated heterocycles. The number of rotatable bonds is 18. The van der Waals surface area contributed by atoms with Gasteiger partial charge in [0.1, 0.15) is 0 Å². The average molecular weight is 330 g/mol. The van der Waals surface area contributed by atoms with E-state index in [1.54, 1.807) is 6.08 Å². The van der Waals surface area contributed by atoms with Gasteiger partial charge in [0.25, 0.3) is 0 Å². The quantitative estimate of drug-likeness (QED) is 0.174. The predicted octanol–water partition coefficient (Wildman–Crippen LogP) is 8.52. The first-order valence-electron chi connectivity index (χ1n) is 10.4. The SMILES string of the molecule is [CH]=CC=CC=CC=CCCCCCCCCCCCCCCCC. The molecule has 0 heteroatoms. The van der Waals surface area contributed by atoms with Crippen molar-refractivity contribution in [3.8, 4) is 0 Å². The molecule has 0 nitrogen and oxygen atoms in total. The van der Waals surface area contributed by atoms with Crippen molar-refractivity contribution in [1.29, 1.82) is 0 Å². The lowest BCUT2D eigenvalue weighted by molar-refractivity contribution is 0.536. The van der Waals surface area contributed by atoms with Gasteiger partial charge in [-0.05, 0) is 12.8 Å². The van der Waals surface area contributed by atoms with Gasteiger partial charge >= 0.3 is 0 Å². The van der Waals surface area contributed by atoms with E-state index in [1.807, 2.05) is 18.2 Å². The number of allylic oxidation sites excluding steroid dienone is 7. The highest BCUT2D eigenvalue weighted by atomic mass is 14.0. The van der Waals surface area contributed by atoms with Crippen LogP contribution in [-0.2, 0) is 0 Å². The highest BCUT2D eigenvalue weighted by Crippen LogP contribution is 2.13. The topological polar surface area (TPSA) is 0 Å². The molecule has 0 aliphatic rings. The van der Waals surface area contributed by atoms with E-state index in [2.05, 4.69) is 25.2 Å². The molecule has 0 fully saturated rings. The summed E-state index contributed by atoms with van der Waals surface area (Å²) < 4.78 is 0. The first-order valence-corrected chi connectivity index (χ1v) is 10.4. The van der Waals surface area contributed by atoms with Gasteiger partial charge < -0.3 is 0 Å².